The van der Waals surface area contributed by atoms with Crippen LogP contribution in [0.15, 0.2) is 42.5 Å². The van der Waals surface area contributed by atoms with E-state index in [1.54, 1.807) is 12.1 Å². The van der Waals surface area contributed by atoms with Gasteiger partial charge in [-0.05, 0) is 49.7 Å². The number of likely N-dealkylation sites (tertiary alicyclic amines) is 1. The second kappa shape index (κ2) is 8.82. The van der Waals surface area contributed by atoms with Gasteiger partial charge in [-0.25, -0.2) is 4.39 Å². The topological polar surface area (TPSA) is 49.8 Å². The number of benzene rings is 2. The molecule has 0 unspecified atom stereocenters. The van der Waals surface area contributed by atoms with Gasteiger partial charge in [0, 0.05) is 18.2 Å². The number of piperidine rings is 1. The predicted octanol–water partition coefficient (Wildman–Crippen LogP) is 4.72. The highest BCUT2D eigenvalue weighted by Crippen LogP contribution is 2.30. The molecule has 0 radical (unpaired) electrons. The molecule has 29 heavy (non-hydrogen) atoms. The zero-order valence-electron chi connectivity index (χ0n) is 15.6. The standard InChI is InChI=1S/C21H21F4NO3/c22-19-11-18(29-13-14-2-1-3-17(10-14)21(23,24)25)5-4-16(19)12-26-8-6-15(7-9-26)20(27)28/h1-5,10-11,15H,6-9,12-13H2,(H,27,28). The highest BCUT2D eigenvalue weighted by atomic mass is 19.4. The fourth-order valence-electron chi connectivity index (χ4n) is 3.33. The van der Waals surface area contributed by atoms with Crippen molar-refractivity contribution in [1.29, 1.82) is 0 Å². The molecule has 1 heterocycles. The number of nitrogens with zero attached hydrogens (tertiary/aromatic N) is 1. The van der Waals surface area contributed by atoms with E-state index in [2.05, 4.69) is 0 Å². The molecule has 156 valence electrons. The molecule has 0 bridgehead atoms. The van der Waals surface area contributed by atoms with Gasteiger partial charge in [0.25, 0.3) is 0 Å². The summed E-state index contributed by atoms with van der Waals surface area (Å²) in [6, 6.07) is 9.19. The molecule has 4 nitrogen and oxygen atoms in total. The molecule has 0 aliphatic carbocycles. The molecule has 0 saturated carbocycles. The Hall–Kier alpha value is -2.61. The number of carboxylic acid groups (broad SMARTS) is 1. The highest BCUT2D eigenvalue weighted by molar-refractivity contribution is 5.70. The molecule has 0 spiro atoms. The number of hydrogen-bond acceptors (Lipinski definition) is 3. The lowest BCUT2D eigenvalue weighted by molar-refractivity contribution is -0.143. The predicted molar refractivity (Wildman–Crippen MR) is 97.8 cm³/mol. The molecule has 3 rings (SSSR count). The van der Waals surface area contributed by atoms with Gasteiger partial charge in [0.2, 0.25) is 0 Å². The van der Waals surface area contributed by atoms with Gasteiger partial charge >= 0.3 is 12.1 Å². The Kier molecular flexibility index (Phi) is 6.42. The fourth-order valence-corrected chi connectivity index (χ4v) is 3.33. The van der Waals surface area contributed by atoms with E-state index in [1.807, 2.05) is 4.90 Å². The van der Waals surface area contributed by atoms with Crippen molar-refractivity contribution in [1.82, 2.24) is 4.90 Å². The minimum atomic E-state index is -4.43. The van der Waals surface area contributed by atoms with Crippen molar-refractivity contribution in [3.05, 3.63) is 65.0 Å². The first-order valence-electron chi connectivity index (χ1n) is 9.25. The van der Waals surface area contributed by atoms with Crippen molar-refractivity contribution in [3.63, 3.8) is 0 Å². The van der Waals surface area contributed by atoms with E-state index in [0.29, 0.717) is 43.6 Å². The Balaban J connectivity index is 1.57. The second-order valence-electron chi connectivity index (χ2n) is 7.13. The van der Waals surface area contributed by atoms with Gasteiger partial charge < -0.3 is 9.84 Å². The average Bonchev–Trinajstić information content (AvgIpc) is 2.68. The van der Waals surface area contributed by atoms with Gasteiger partial charge in [0.05, 0.1) is 11.5 Å². The quantitative estimate of drug-likeness (QED) is 0.699. The molecule has 1 fully saturated rings. The molecule has 2 aromatic rings. The van der Waals surface area contributed by atoms with Gasteiger partial charge in [-0.3, -0.25) is 9.69 Å². The lowest BCUT2D eigenvalue weighted by Gasteiger charge is -2.30. The Morgan fingerprint density at radius 1 is 1.14 bits per heavy atom. The molecule has 1 saturated heterocycles. The van der Waals surface area contributed by atoms with Crippen LogP contribution < -0.4 is 4.74 Å². The van der Waals surface area contributed by atoms with Crippen LogP contribution in [0.25, 0.3) is 0 Å². The molecule has 0 amide bonds. The Bertz CT molecular complexity index is 861. The van der Waals surface area contributed by atoms with Crippen LogP contribution in [0, 0.1) is 11.7 Å². The van der Waals surface area contributed by atoms with Gasteiger partial charge in [0.1, 0.15) is 18.2 Å². The van der Waals surface area contributed by atoms with E-state index in [9.17, 15) is 22.4 Å². The molecule has 2 aromatic carbocycles. The van der Waals surface area contributed by atoms with Crippen LogP contribution in [0.2, 0.25) is 0 Å². The molecule has 0 aromatic heterocycles. The molecule has 1 aliphatic rings. The summed E-state index contributed by atoms with van der Waals surface area (Å²) in [5.41, 5.74) is 0.0441. The normalized spacial score (nSPS) is 16.0. The minimum Gasteiger partial charge on any atom is -0.489 e. The third kappa shape index (κ3) is 5.69. The van der Waals surface area contributed by atoms with Crippen LogP contribution in [0.1, 0.15) is 29.5 Å². The summed E-state index contributed by atoms with van der Waals surface area (Å²) in [4.78, 5) is 13.0. The van der Waals surface area contributed by atoms with Crippen molar-refractivity contribution in [3.8, 4) is 5.75 Å². The first kappa shape index (κ1) is 21.1. The second-order valence-corrected chi connectivity index (χ2v) is 7.13. The smallest absolute Gasteiger partial charge is 0.416 e. The van der Waals surface area contributed by atoms with E-state index >= 15 is 0 Å². The van der Waals surface area contributed by atoms with E-state index in [4.69, 9.17) is 9.84 Å². The largest absolute Gasteiger partial charge is 0.489 e. The van der Waals surface area contributed by atoms with E-state index in [-0.39, 0.29) is 18.3 Å². The Morgan fingerprint density at radius 3 is 2.48 bits per heavy atom. The molecule has 8 heteroatoms. The van der Waals surface area contributed by atoms with E-state index in [0.717, 1.165) is 12.1 Å². The lowest BCUT2D eigenvalue weighted by Crippen LogP contribution is -2.36. The van der Waals surface area contributed by atoms with Gasteiger partial charge in [-0.15, -0.1) is 0 Å². The maximum atomic E-state index is 14.4. The third-order valence-electron chi connectivity index (χ3n) is 5.02. The average molecular weight is 411 g/mol. The number of carboxylic acids is 1. The number of ether oxygens (including phenoxy) is 1. The van der Waals surface area contributed by atoms with Crippen LogP contribution in [0.5, 0.6) is 5.75 Å². The molecular formula is C21H21F4NO3. The minimum absolute atomic E-state index is 0.106. The van der Waals surface area contributed by atoms with Crippen molar-refractivity contribution >= 4 is 5.97 Å². The van der Waals surface area contributed by atoms with Crippen molar-refractivity contribution in [2.75, 3.05) is 13.1 Å². The summed E-state index contributed by atoms with van der Waals surface area (Å²) < 4.78 is 58.1. The summed E-state index contributed by atoms with van der Waals surface area (Å²) >= 11 is 0. The zero-order chi connectivity index (χ0) is 21.0. The molecular weight excluding hydrogens is 390 g/mol. The Labute approximate surface area is 165 Å². The highest BCUT2D eigenvalue weighted by Gasteiger charge is 2.30. The number of halogens is 4. The van der Waals surface area contributed by atoms with Crippen molar-refractivity contribution in [2.45, 2.75) is 32.2 Å². The number of carbonyl (C=O) groups is 1. The van der Waals surface area contributed by atoms with Gasteiger partial charge in [-0.1, -0.05) is 18.2 Å². The summed E-state index contributed by atoms with van der Waals surface area (Å²) in [7, 11) is 0. The van der Waals surface area contributed by atoms with Crippen molar-refractivity contribution < 1.29 is 32.2 Å². The monoisotopic (exact) mass is 411 g/mol. The summed E-state index contributed by atoms with van der Waals surface area (Å²) in [6.45, 7) is 1.44. The van der Waals surface area contributed by atoms with Gasteiger partial charge in [-0.2, -0.15) is 13.2 Å². The molecule has 0 atom stereocenters. The molecule has 1 aliphatic heterocycles. The Morgan fingerprint density at radius 2 is 1.86 bits per heavy atom. The van der Waals surface area contributed by atoms with Crippen LogP contribution in [-0.4, -0.2) is 29.1 Å². The maximum Gasteiger partial charge on any atom is 0.416 e. The van der Waals surface area contributed by atoms with Crippen molar-refractivity contribution in [2.24, 2.45) is 5.92 Å². The third-order valence-corrected chi connectivity index (χ3v) is 5.02. The van der Waals surface area contributed by atoms with Gasteiger partial charge in [0.15, 0.2) is 0 Å². The summed E-state index contributed by atoms with van der Waals surface area (Å²) in [5, 5.41) is 9.03. The fraction of sp³-hybridized carbons (Fsp3) is 0.381. The first-order valence-corrected chi connectivity index (χ1v) is 9.25. The van der Waals surface area contributed by atoms with Crippen LogP contribution in [-0.2, 0) is 24.1 Å². The number of rotatable bonds is 6. The number of alkyl halides is 3. The summed E-state index contributed by atoms with van der Waals surface area (Å²) in [5.74, 6) is -1.37. The van der Waals surface area contributed by atoms with Crippen LogP contribution in [0.4, 0.5) is 17.6 Å². The summed E-state index contributed by atoms with van der Waals surface area (Å²) in [6.07, 6.45) is -3.35. The number of aliphatic carboxylic acids is 1. The van der Waals surface area contributed by atoms with E-state index in [1.165, 1.54) is 18.2 Å². The maximum absolute atomic E-state index is 14.4. The molecule has 1 N–H and O–H groups in total. The van der Waals surface area contributed by atoms with E-state index < -0.39 is 23.5 Å². The SMILES string of the molecule is O=C(O)C1CCN(Cc2ccc(OCc3cccc(C(F)(F)F)c3)cc2F)CC1. The van der Waals surface area contributed by atoms with Crippen LogP contribution >= 0.6 is 0 Å². The zero-order valence-corrected chi connectivity index (χ0v) is 15.6. The lowest BCUT2D eigenvalue weighted by atomic mass is 9.97. The number of hydrogen-bond donors (Lipinski definition) is 1. The first-order chi connectivity index (χ1) is 13.7. The van der Waals surface area contributed by atoms with Crippen LogP contribution in [0.3, 0.4) is 0 Å².